The molecule has 0 amide bonds. The van der Waals surface area contributed by atoms with Gasteiger partial charge in [0, 0.05) is 5.92 Å². The van der Waals surface area contributed by atoms with Crippen LogP contribution in [0, 0.1) is 5.92 Å². The molecule has 0 radical (unpaired) electrons. The highest BCUT2D eigenvalue weighted by Crippen LogP contribution is 2.16. The van der Waals surface area contributed by atoms with Gasteiger partial charge in [0.05, 0.1) is 12.2 Å². The third-order valence-electron chi connectivity index (χ3n) is 2.55. The number of aliphatic hydroxyl groups is 2. The van der Waals surface area contributed by atoms with Crippen molar-refractivity contribution < 1.29 is 10.2 Å². The Kier molecular flexibility index (Phi) is 4.11. The van der Waals surface area contributed by atoms with Crippen molar-refractivity contribution in [3.05, 3.63) is 35.9 Å². The van der Waals surface area contributed by atoms with Gasteiger partial charge in [0.15, 0.2) is 0 Å². The third-order valence-corrected chi connectivity index (χ3v) is 2.55. The first kappa shape index (κ1) is 11.2. The highest BCUT2D eigenvalue weighted by Gasteiger charge is 2.20. The summed E-state index contributed by atoms with van der Waals surface area (Å²) < 4.78 is 0. The van der Waals surface area contributed by atoms with Crippen LogP contribution in [-0.4, -0.2) is 22.4 Å². The van der Waals surface area contributed by atoms with Gasteiger partial charge in [-0.2, -0.15) is 0 Å². The summed E-state index contributed by atoms with van der Waals surface area (Å²) in [7, 11) is 0. The maximum atomic E-state index is 9.48. The molecule has 0 heterocycles. The van der Waals surface area contributed by atoms with Crippen molar-refractivity contribution >= 4 is 0 Å². The average Bonchev–Trinajstić information content (AvgIpc) is 2.15. The van der Waals surface area contributed by atoms with Gasteiger partial charge in [-0.1, -0.05) is 30.3 Å². The van der Waals surface area contributed by atoms with Crippen LogP contribution in [0.2, 0.25) is 0 Å². The van der Waals surface area contributed by atoms with Gasteiger partial charge in [0.1, 0.15) is 0 Å². The molecule has 0 aliphatic heterocycles. The van der Waals surface area contributed by atoms with Crippen molar-refractivity contribution in [2.75, 3.05) is 0 Å². The Bertz CT molecular complexity index is 246. The van der Waals surface area contributed by atoms with Crippen LogP contribution in [0.1, 0.15) is 19.4 Å². The lowest BCUT2D eigenvalue weighted by molar-refractivity contribution is 0.0320. The molecule has 78 valence electrons. The van der Waals surface area contributed by atoms with Gasteiger partial charge in [-0.25, -0.2) is 0 Å². The molecule has 2 unspecified atom stereocenters. The first-order valence-corrected chi connectivity index (χ1v) is 5.01. The summed E-state index contributed by atoms with van der Waals surface area (Å²) in [6.45, 7) is 3.45. The van der Waals surface area contributed by atoms with E-state index in [-0.39, 0.29) is 5.92 Å². The standard InChI is InChI=1S/C12H18O2/c1-9(13)12(10(2)14)8-11-6-4-3-5-7-11/h3-7,9-10,12-14H,8H2,1-2H3/t9-,10?,12?/m0/s1. The summed E-state index contributed by atoms with van der Waals surface area (Å²) in [6, 6.07) is 9.92. The molecule has 1 aromatic carbocycles. The Morgan fingerprint density at radius 3 is 1.93 bits per heavy atom. The monoisotopic (exact) mass is 194 g/mol. The number of hydrogen-bond donors (Lipinski definition) is 2. The van der Waals surface area contributed by atoms with E-state index in [9.17, 15) is 10.2 Å². The molecule has 0 aliphatic rings. The Morgan fingerprint density at radius 1 is 1.00 bits per heavy atom. The smallest absolute Gasteiger partial charge is 0.0568 e. The summed E-state index contributed by atoms with van der Waals surface area (Å²) in [5.41, 5.74) is 1.15. The average molecular weight is 194 g/mol. The van der Waals surface area contributed by atoms with E-state index < -0.39 is 12.2 Å². The van der Waals surface area contributed by atoms with Crippen molar-refractivity contribution in [1.29, 1.82) is 0 Å². The van der Waals surface area contributed by atoms with E-state index in [1.807, 2.05) is 30.3 Å². The molecule has 14 heavy (non-hydrogen) atoms. The Hall–Kier alpha value is -0.860. The lowest BCUT2D eigenvalue weighted by atomic mass is 9.90. The first-order valence-electron chi connectivity index (χ1n) is 5.01. The number of benzene rings is 1. The lowest BCUT2D eigenvalue weighted by Gasteiger charge is -2.22. The molecule has 1 aromatic rings. The van der Waals surface area contributed by atoms with Crippen molar-refractivity contribution in [1.82, 2.24) is 0 Å². The molecule has 1 rings (SSSR count). The molecule has 0 bridgehead atoms. The molecule has 3 atom stereocenters. The lowest BCUT2D eigenvalue weighted by Crippen LogP contribution is -2.29. The van der Waals surface area contributed by atoms with Gasteiger partial charge in [0.25, 0.3) is 0 Å². The highest BCUT2D eigenvalue weighted by atomic mass is 16.3. The minimum Gasteiger partial charge on any atom is -0.393 e. The Labute approximate surface area is 85.2 Å². The number of aliphatic hydroxyl groups excluding tert-OH is 2. The van der Waals surface area contributed by atoms with Crippen LogP contribution >= 0.6 is 0 Å². The normalized spacial score (nSPS) is 17.4. The van der Waals surface area contributed by atoms with Crippen molar-refractivity contribution in [2.24, 2.45) is 5.92 Å². The molecule has 2 heteroatoms. The van der Waals surface area contributed by atoms with Crippen molar-refractivity contribution in [2.45, 2.75) is 32.5 Å². The van der Waals surface area contributed by atoms with E-state index in [1.54, 1.807) is 13.8 Å². The third kappa shape index (κ3) is 3.13. The van der Waals surface area contributed by atoms with Crippen molar-refractivity contribution in [3.8, 4) is 0 Å². The Morgan fingerprint density at radius 2 is 1.50 bits per heavy atom. The maximum Gasteiger partial charge on any atom is 0.0568 e. The summed E-state index contributed by atoms with van der Waals surface area (Å²) in [5, 5.41) is 19.0. The minimum atomic E-state index is -0.477. The van der Waals surface area contributed by atoms with Crippen molar-refractivity contribution in [3.63, 3.8) is 0 Å². The fourth-order valence-electron chi connectivity index (χ4n) is 1.63. The zero-order valence-corrected chi connectivity index (χ0v) is 8.72. The second-order valence-corrected chi connectivity index (χ2v) is 3.83. The first-order chi connectivity index (χ1) is 6.61. The van der Waals surface area contributed by atoms with Gasteiger partial charge in [-0.15, -0.1) is 0 Å². The fourth-order valence-corrected chi connectivity index (χ4v) is 1.63. The van der Waals surface area contributed by atoms with Crippen LogP contribution in [-0.2, 0) is 6.42 Å². The second kappa shape index (κ2) is 5.13. The van der Waals surface area contributed by atoms with E-state index in [1.165, 1.54) is 0 Å². The summed E-state index contributed by atoms with van der Waals surface area (Å²) in [6.07, 6.45) is -0.235. The van der Waals surface area contributed by atoms with Gasteiger partial charge in [-0.05, 0) is 25.8 Å². The molecule has 0 saturated heterocycles. The van der Waals surface area contributed by atoms with Gasteiger partial charge in [0.2, 0.25) is 0 Å². The van der Waals surface area contributed by atoms with E-state index in [4.69, 9.17) is 0 Å². The van der Waals surface area contributed by atoms with Crippen LogP contribution in [0.15, 0.2) is 30.3 Å². The predicted molar refractivity (Wildman–Crippen MR) is 57.0 cm³/mol. The minimum absolute atomic E-state index is 0.0857. The fraction of sp³-hybridized carbons (Fsp3) is 0.500. The molecular formula is C12H18O2. The van der Waals surface area contributed by atoms with Crippen LogP contribution < -0.4 is 0 Å². The largest absolute Gasteiger partial charge is 0.393 e. The topological polar surface area (TPSA) is 40.5 Å². The van der Waals surface area contributed by atoms with E-state index in [0.29, 0.717) is 0 Å². The molecule has 0 fully saturated rings. The second-order valence-electron chi connectivity index (χ2n) is 3.83. The highest BCUT2D eigenvalue weighted by molar-refractivity contribution is 5.15. The number of hydrogen-bond acceptors (Lipinski definition) is 2. The van der Waals surface area contributed by atoms with Gasteiger partial charge in [-0.3, -0.25) is 0 Å². The maximum absolute atomic E-state index is 9.48. The summed E-state index contributed by atoms with van der Waals surface area (Å²) in [4.78, 5) is 0. The SMILES string of the molecule is CC(O)C(Cc1ccccc1)[C@H](C)O. The van der Waals surface area contributed by atoms with E-state index >= 15 is 0 Å². The molecule has 0 saturated carbocycles. The summed E-state index contributed by atoms with van der Waals surface area (Å²) >= 11 is 0. The molecule has 0 spiro atoms. The van der Waals surface area contributed by atoms with Crippen LogP contribution in [0.5, 0.6) is 0 Å². The van der Waals surface area contributed by atoms with Crippen LogP contribution in [0.4, 0.5) is 0 Å². The number of rotatable bonds is 4. The quantitative estimate of drug-likeness (QED) is 0.764. The molecule has 2 nitrogen and oxygen atoms in total. The molecule has 0 aliphatic carbocycles. The van der Waals surface area contributed by atoms with E-state index in [2.05, 4.69) is 0 Å². The zero-order valence-electron chi connectivity index (χ0n) is 8.72. The molecule has 2 N–H and O–H groups in total. The van der Waals surface area contributed by atoms with Gasteiger partial charge < -0.3 is 10.2 Å². The zero-order chi connectivity index (χ0) is 10.6. The molecular weight excluding hydrogens is 176 g/mol. The van der Waals surface area contributed by atoms with Crippen LogP contribution in [0.25, 0.3) is 0 Å². The van der Waals surface area contributed by atoms with E-state index in [0.717, 1.165) is 12.0 Å². The Balaban J connectivity index is 2.65. The predicted octanol–water partition coefficient (Wildman–Crippen LogP) is 1.61. The molecule has 0 aromatic heterocycles. The summed E-state index contributed by atoms with van der Waals surface area (Å²) in [5.74, 6) is -0.0857. The van der Waals surface area contributed by atoms with Crippen LogP contribution in [0.3, 0.4) is 0 Å². The van der Waals surface area contributed by atoms with Gasteiger partial charge >= 0.3 is 0 Å².